The molecule has 2 aliphatic rings. The first-order valence-electron chi connectivity index (χ1n) is 7.10. The number of anilines is 1. The Morgan fingerprint density at radius 1 is 1.09 bits per heavy atom. The number of carboxylic acids is 1. The third-order valence-electron chi connectivity index (χ3n) is 4.50. The minimum atomic E-state index is -0.958. The predicted molar refractivity (Wildman–Crippen MR) is 78.9 cm³/mol. The van der Waals surface area contributed by atoms with E-state index in [1.165, 1.54) is 6.07 Å². The molecule has 2 bridgehead atoms. The van der Waals surface area contributed by atoms with Crippen LogP contribution in [0.2, 0.25) is 0 Å². The zero-order valence-electron chi connectivity index (χ0n) is 11.7. The first-order chi connectivity index (χ1) is 10.5. The zero-order chi connectivity index (χ0) is 15.9. The molecule has 0 aromatic heterocycles. The number of aliphatic carboxylic acids is 1. The third kappa shape index (κ3) is 2.26. The lowest BCUT2D eigenvalue weighted by Gasteiger charge is -2.24. The Morgan fingerprint density at radius 3 is 2.36 bits per heavy atom. The molecule has 4 atom stereocenters. The Morgan fingerprint density at radius 2 is 1.73 bits per heavy atom. The average molecular weight is 300 g/mol. The topological polar surface area (TPSA) is 109 Å². The van der Waals surface area contributed by atoms with Crippen molar-refractivity contribution in [3.63, 3.8) is 0 Å². The van der Waals surface area contributed by atoms with Gasteiger partial charge in [-0.05, 0) is 30.4 Å². The summed E-state index contributed by atoms with van der Waals surface area (Å²) < 4.78 is 0. The number of carbonyl (C=O) groups excluding carboxylic acids is 2. The van der Waals surface area contributed by atoms with E-state index in [0.717, 1.165) is 0 Å². The molecular weight excluding hydrogens is 284 g/mol. The molecule has 4 N–H and O–H groups in total. The van der Waals surface area contributed by atoms with Gasteiger partial charge in [0.05, 0.1) is 23.1 Å². The van der Waals surface area contributed by atoms with E-state index in [4.69, 9.17) is 5.73 Å². The highest BCUT2D eigenvalue weighted by atomic mass is 16.4. The molecule has 0 spiro atoms. The number of nitrogens with one attached hydrogen (secondary N) is 1. The summed E-state index contributed by atoms with van der Waals surface area (Å²) in [5.41, 5.74) is 5.81. The Labute approximate surface area is 127 Å². The van der Waals surface area contributed by atoms with Gasteiger partial charge in [-0.25, -0.2) is 0 Å². The van der Waals surface area contributed by atoms with Crippen molar-refractivity contribution in [2.45, 2.75) is 6.42 Å². The van der Waals surface area contributed by atoms with Gasteiger partial charge < -0.3 is 16.2 Å². The summed E-state index contributed by atoms with van der Waals surface area (Å²) in [5, 5.41) is 12.0. The van der Waals surface area contributed by atoms with Crippen molar-refractivity contribution in [3.05, 3.63) is 42.0 Å². The van der Waals surface area contributed by atoms with Crippen LogP contribution in [0, 0.1) is 23.7 Å². The molecule has 2 aliphatic carbocycles. The normalized spacial score (nSPS) is 28.5. The summed E-state index contributed by atoms with van der Waals surface area (Å²) in [5.74, 6) is -3.46. The van der Waals surface area contributed by atoms with E-state index in [1.54, 1.807) is 18.2 Å². The fourth-order valence-electron chi connectivity index (χ4n) is 3.54. The fraction of sp³-hybridized carbons (Fsp3) is 0.312. The summed E-state index contributed by atoms with van der Waals surface area (Å²) >= 11 is 0. The van der Waals surface area contributed by atoms with Crippen LogP contribution in [0.4, 0.5) is 5.69 Å². The van der Waals surface area contributed by atoms with E-state index in [-0.39, 0.29) is 23.3 Å². The number of primary amides is 1. The smallest absolute Gasteiger partial charge is 0.307 e. The van der Waals surface area contributed by atoms with Crippen LogP contribution >= 0.6 is 0 Å². The van der Waals surface area contributed by atoms with Crippen LogP contribution in [0.1, 0.15) is 16.8 Å². The lowest BCUT2D eigenvalue weighted by atomic mass is 9.82. The largest absolute Gasteiger partial charge is 0.481 e. The van der Waals surface area contributed by atoms with Crippen molar-refractivity contribution >= 4 is 23.5 Å². The minimum Gasteiger partial charge on any atom is -0.481 e. The first-order valence-corrected chi connectivity index (χ1v) is 7.10. The van der Waals surface area contributed by atoms with Gasteiger partial charge in [0, 0.05) is 0 Å². The molecule has 0 radical (unpaired) electrons. The first kappa shape index (κ1) is 14.3. The summed E-state index contributed by atoms with van der Waals surface area (Å²) in [6.45, 7) is 0. The molecule has 1 saturated carbocycles. The van der Waals surface area contributed by atoms with Crippen molar-refractivity contribution in [3.8, 4) is 0 Å². The number of carbonyl (C=O) groups is 3. The van der Waals surface area contributed by atoms with E-state index in [1.807, 2.05) is 12.2 Å². The van der Waals surface area contributed by atoms with Crippen molar-refractivity contribution in [2.75, 3.05) is 5.32 Å². The van der Waals surface area contributed by atoms with E-state index in [2.05, 4.69) is 5.32 Å². The maximum absolute atomic E-state index is 12.5. The van der Waals surface area contributed by atoms with Gasteiger partial charge in [-0.15, -0.1) is 0 Å². The van der Waals surface area contributed by atoms with Gasteiger partial charge in [-0.1, -0.05) is 24.3 Å². The van der Waals surface area contributed by atoms with Crippen LogP contribution in [0.25, 0.3) is 0 Å². The second-order valence-electron chi connectivity index (χ2n) is 5.74. The molecule has 0 unspecified atom stereocenters. The highest BCUT2D eigenvalue weighted by molar-refractivity contribution is 6.04. The van der Waals surface area contributed by atoms with Gasteiger partial charge in [-0.2, -0.15) is 0 Å². The highest BCUT2D eigenvalue weighted by Crippen LogP contribution is 2.48. The average Bonchev–Trinajstić information content (AvgIpc) is 3.08. The van der Waals surface area contributed by atoms with Crippen LogP contribution in [-0.4, -0.2) is 22.9 Å². The Bertz CT molecular complexity index is 682. The van der Waals surface area contributed by atoms with Gasteiger partial charge in [0.2, 0.25) is 5.91 Å². The molecule has 0 saturated heterocycles. The van der Waals surface area contributed by atoms with Gasteiger partial charge in [0.1, 0.15) is 0 Å². The van der Waals surface area contributed by atoms with Gasteiger partial charge in [0.25, 0.3) is 5.91 Å². The predicted octanol–water partition coefficient (Wildman–Crippen LogP) is 1.25. The minimum absolute atomic E-state index is 0.0631. The van der Waals surface area contributed by atoms with Gasteiger partial charge >= 0.3 is 5.97 Å². The summed E-state index contributed by atoms with van der Waals surface area (Å²) in [7, 11) is 0. The number of amides is 2. The second-order valence-corrected chi connectivity index (χ2v) is 5.74. The van der Waals surface area contributed by atoms with E-state index < -0.39 is 23.7 Å². The number of rotatable bonds is 4. The molecule has 1 aromatic rings. The summed E-state index contributed by atoms with van der Waals surface area (Å²) in [6, 6.07) is 6.43. The Hall–Kier alpha value is -2.63. The molecule has 1 fully saturated rings. The molecular formula is C16H16N2O4. The number of benzene rings is 1. The van der Waals surface area contributed by atoms with E-state index in [9.17, 15) is 19.5 Å². The van der Waals surface area contributed by atoms with Crippen LogP contribution in [0.15, 0.2) is 36.4 Å². The highest BCUT2D eigenvalue weighted by Gasteiger charge is 2.51. The molecule has 2 amide bonds. The Kier molecular flexibility index (Phi) is 3.44. The van der Waals surface area contributed by atoms with Crippen LogP contribution in [0.5, 0.6) is 0 Å². The molecule has 6 heteroatoms. The van der Waals surface area contributed by atoms with E-state index >= 15 is 0 Å². The molecule has 0 aliphatic heterocycles. The van der Waals surface area contributed by atoms with Crippen molar-refractivity contribution in [1.29, 1.82) is 0 Å². The lowest BCUT2D eigenvalue weighted by molar-refractivity contribution is -0.146. The van der Waals surface area contributed by atoms with Gasteiger partial charge in [0.15, 0.2) is 0 Å². The van der Waals surface area contributed by atoms with Crippen LogP contribution in [0.3, 0.4) is 0 Å². The fourth-order valence-corrected chi connectivity index (χ4v) is 3.54. The summed E-state index contributed by atoms with van der Waals surface area (Å²) in [6.07, 6.45) is 4.48. The monoisotopic (exact) mass is 300 g/mol. The quantitative estimate of drug-likeness (QED) is 0.727. The SMILES string of the molecule is NC(=O)c1ccccc1NC(=O)[C@@H]1[C@H](C(=O)O)[C@H]2C=C[C@H]1C2. The molecule has 1 aromatic carbocycles. The van der Waals surface area contributed by atoms with Crippen molar-refractivity contribution in [2.24, 2.45) is 29.4 Å². The lowest BCUT2D eigenvalue weighted by Crippen LogP contribution is -2.36. The second kappa shape index (κ2) is 5.29. The molecule has 114 valence electrons. The number of allylic oxidation sites excluding steroid dienone is 2. The number of hydrogen-bond donors (Lipinski definition) is 3. The number of carboxylic acid groups (broad SMARTS) is 1. The zero-order valence-corrected chi connectivity index (χ0v) is 11.7. The number of hydrogen-bond acceptors (Lipinski definition) is 3. The number of fused-ring (bicyclic) bond motifs is 2. The molecule has 22 heavy (non-hydrogen) atoms. The van der Waals surface area contributed by atoms with E-state index in [0.29, 0.717) is 12.1 Å². The van der Waals surface area contributed by atoms with Crippen LogP contribution < -0.4 is 11.1 Å². The maximum Gasteiger partial charge on any atom is 0.307 e. The van der Waals surface area contributed by atoms with Crippen LogP contribution in [-0.2, 0) is 9.59 Å². The number of para-hydroxylation sites is 1. The maximum atomic E-state index is 12.5. The molecule has 3 rings (SSSR count). The molecule has 0 heterocycles. The third-order valence-corrected chi connectivity index (χ3v) is 4.50. The molecule has 6 nitrogen and oxygen atoms in total. The number of nitrogens with two attached hydrogens (primary N) is 1. The van der Waals surface area contributed by atoms with Crippen molar-refractivity contribution < 1.29 is 19.5 Å². The summed E-state index contributed by atoms with van der Waals surface area (Å²) in [4.78, 5) is 35.4. The van der Waals surface area contributed by atoms with Crippen molar-refractivity contribution in [1.82, 2.24) is 0 Å². The Balaban J connectivity index is 1.85. The standard InChI is InChI=1S/C16H16N2O4/c17-14(19)10-3-1-2-4-11(10)18-15(20)12-8-5-6-9(7-8)13(12)16(21)22/h1-6,8-9,12-13H,7H2,(H2,17,19)(H,18,20)(H,21,22)/t8-,9-,12-,13+/m0/s1. The van der Waals surface area contributed by atoms with Gasteiger partial charge in [-0.3, -0.25) is 14.4 Å².